The maximum atomic E-state index is 13.3. The Morgan fingerprint density at radius 1 is 0.391 bits per heavy atom. The Labute approximate surface area is 510 Å². The Bertz CT molecular complexity index is 3500. The largest absolute Gasteiger partial charge is 0.274 e. The zero-order chi connectivity index (χ0) is 62.1. The highest BCUT2D eigenvalue weighted by Crippen LogP contribution is 2.55. The van der Waals surface area contributed by atoms with Crippen LogP contribution in [-0.4, -0.2) is 47.3 Å². The van der Waals surface area contributed by atoms with Gasteiger partial charge in [-0.1, -0.05) is 192 Å². The number of aryl methyl sites for hydroxylation is 5. The van der Waals surface area contributed by atoms with Crippen molar-refractivity contribution in [2.45, 2.75) is 73.1 Å². The highest BCUT2D eigenvalue weighted by Gasteiger charge is 2.61. The summed E-state index contributed by atoms with van der Waals surface area (Å²) in [7, 11) is 0. The number of fused-ring (bicyclic) bond motifs is 10. The zero-order valence-electron chi connectivity index (χ0n) is 50.1. The standard InChI is InChI=1S/C25H22N2O4.C15H10N2O4.3C10H12.C5H6/c1-11-2-7-16(26-22(28)18-12-3-4-13(8-12)19(18)23(26)29)10-17(11)27-24(30)20-14-5-6-15(9-14)21(20)25(27)31;1-9-2-3-10(16-12(18)4-5-13(16)19)8-11(9)17-14(20)6-7-15(17)21;3*1-3-9-5-7-10(4-2)8-6-9;1-2-4-5-3-1/h2-7,10,12-15,18-21H,8-9H2,1H3;2-8H,1H3;3*3,5-8H,1,4H2,2H3;1-4H,5H2. The molecule has 5 aromatic rings. The van der Waals surface area contributed by atoms with Gasteiger partial charge in [0.2, 0.25) is 23.6 Å². The van der Waals surface area contributed by atoms with Crippen molar-refractivity contribution in [3.63, 3.8) is 0 Å². The number of hydrogen-bond acceptors (Lipinski definition) is 8. The van der Waals surface area contributed by atoms with Gasteiger partial charge in [0.05, 0.1) is 46.4 Å². The maximum Gasteiger partial charge on any atom is 0.258 e. The summed E-state index contributed by atoms with van der Waals surface area (Å²) in [5, 5.41) is 0. The number of hydrogen-bond donors (Lipinski definition) is 0. The minimum atomic E-state index is -0.452. The van der Waals surface area contributed by atoms with Crippen LogP contribution in [0, 0.1) is 61.2 Å². The van der Waals surface area contributed by atoms with Gasteiger partial charge in [0.1, 0.15) is 0 Å². The van der Waals surface area contributed by atoms with Crippen LogP contribution in [0.4, 0.5) is 22.7 Å². The van der Waals surface area contributed by atoms with Crippen molar-refractivity contribution in [2.24, 2.45) is 47.3 Å². The van der Waals surface area contributed by atoms with E-state index in [2.05, 4.69) is 162 Å². The Kier molecular flexibility index (Phi) is 19.6. The number of rotatable bonds is 10. The van der Waals surface area contributed by atoms with E-state index in [0.717, 1.165) is 53.9 Å². The van der Waals surface area contributed by atoms with Gasteiger partial charge in [-0.05, 0) is 145 Å². The second-order valence-electron chi connectivity index (χ2n) is 22.6. The third-order valence-electron chi connectivity index (χ3n) is 17.5. The van der Waals surface area contributed by atoms with Gasteiger partial charge in [-0.25, -0.2) is 19.6 Å². The van der Waals surface area contributed by atoms with Crippen LogP contribution in [0.3, 0.4) is 0 Å². The molecule has 4 fully saturated rings. The summed E-state index contributed by atoms with van der Waals surface area (Å²) < 4.78 is 0. The van der Waals surface area contributed by atoms with Gasteiger partial charge >= 0.3 is 0 Å². The van der Waals surface area contributed by atoms with Crippen LogP contribution in [0.1, 0.15) is 84.5 Å². The summed E-state index contributed by atoms with van der Waals surface area (Å²) in [6.07, 6.45) is 33.2. The first kappa shape index (κ1) is 61.9. The highest BCUT2D eigenvalue weighted by atomic mass is 16.2. The highest BCUT2D eigenvalue weighted by molar-refractivity contribution is 6.30. The van der Waals surface area contributed by atoms with Crippen LogP contribution in [0.25, 0.3) is 18.2 Å². The molecule has 87 heavy (non-hydrogen) atoms. The van der Waals surface area contributed by atoms with Crippen molar-refractivity contribution < 1.29 is 38.4 Å². The minimum absolute atomic E-state index is 0.143. The van der Waals surface area contributed by atoms with Gasteiger partial charge in [0.25, 0.3) is 23.6 Å². The SMILES string of the molecule is C1=CCC=C1.C=Cc1ccc(CC)cc1.C=Cc1ccc(CC)cc1.C=Cc1ccc(CC)cc1.Cc1ccc(N2C(=O)C3C4C=CC(C4)C3C2=O)cc1N1C(=O)C2C3C=CC(C3)C2C1=O.Cc1ccc(N2C(=O)C=CC2=O)cc1N1C(=O)C=CC1=O. The number of carbonyl (C=O) groups excluding carboxylic acids is 8. The molecule has 14 rings (SSSR count). The lowest BCUT2D eigenvalue weighted by atomic mass is 9.85. The summed E-state index contributed by atoms with van der Waals surface area (Å²) >= 11 is 0. The molecule has 4 aliphatic heterocycles. The Hall–Kier alpha value is -9.68. The molecule has 2 saturated carbocycles. The fourth-order valence-corrected chi connectivity index (χ4v) is 12.6. The topological polar surface area (TPSA) is 150 Å². The summed E-state index contributed by atoms with van der Waals surface area (Å²) in [6.45, 7) is 21.1. The van der Waals surface area contributed by atoms with Gasteiger partial charge in [-0.15, -0.1) is 0 Å². The smallest absolute Gasteiger partial charge is 0.258 e. The second-order valence-corrected chi connectivity index (χ2v) is 22.6. The van der Waals surface area contributed by atoms with Crippen LogP contribution in [-0.2, 0) is 57.6 Å². The molecule has 0 N–H and O–H groups in total. The molecule has 0 spiro atoms. The van der Waals surface area contributed by atoms with E-state index >= 15 is 0 Å². The Morgan fingerprint density at radius 3 is 0.989 bits per heavy atom. The maximum absolute atomic E-state index is 13.3. The molecule has 5 aromatic carbocycles. The Morgan fingerprint density at radius 2 is 0.690 bits per heavy atom. The number of amides is 8. The first-order valence-electron chi connectivity index (χ1n) is 30.0. The van der Waals surface area contributed by atoms with E-state index in [0.29, 0.717) is 28.3 Å². The number of benzene rings is 5. The predicted octanol–water partition coefficient (Wildman–Crippen LogP) is 13.7. The van der Waals surface area contributed by atoms with Crippen LogP contribution < -0.4 is 19.6 Å². The molecule has 4 bridgehead atoms. The van der Waals surface area contributed by atoms with Gasteiger partial charge in [-0.3, -0.25) is 38.4 Å². The minimum Gasteiger partial charge on any atom is -0.274 e. The fourth-order valence-electron chi connectivity index (χ4n) is 12.6. The molecule has 5 aliphatic carbocycles. The lowest BCUT2D eigenvalue weighted by Crippen LogP contribution is -2.35. The van der Waals surface area contributed by atoms with Crippen molar-refractivity contribution in [1.82, 2.24) is 0 Å². The normalized spacial score (nSPS) is 23.2. The van der Waals surface area contributed by atoms with Gasteiger partial charge in [-0.2, -0.15) is 0 Å². The van der Waals surface area contributed by atoms with E-state index in [1.807, 2.05) is 25.2 Å². The fraction of sp³-hybridized carbons (Fsp3) is 0.253. The molecule has 0 aromatic heterocycles. The van der Waals surface area contributed by atoms with Crippen LogP contribution in [0.2, 0.25) is 0 Å². The number of imide groups is 4. The summed E-state index contributed by atoms with van der Waals surface area (Å²) in [4.78, 5) is 104. The molecule has 2 saturated heterocycles. The van der Waals surface area contributed by atoms with Crippen molar-refractivity contribution >= 4 is 88.2 Å². The Balaban J connectivity index is 0.000000139. The van der Waals surface area contributed by atoms with Crippen molar-refractivity contribution in [3.05, 3.63) is 246 Å². The number of allylic oxidation sites excluding steroid dienone is 8. The quantitative estimate of drug-likeness (QED) is 0.0991. The van der Waals surface area contributed by atoms with Crippen LogP contribution >= 0.6 is 0 Å². The zero-order valence-corrected chi connectivity index (χ0v) is 50.1. The van der Waals surface area contributed by atoms with Gasteiger partial charge in [0.15, 0.2) is 0 Å². The first-order valence-corrected chi connectivity index (χ1v) is 30.0. The van der Waals surface area contributed by atoms with Crippen LogP contribution in [0.5, 0.6) is 0 Å². The molecule has 8 atom stereocenters. The molecule has 0 radical (unpaired) electrons. The first-order chi connectivity index (χ1) is 42.0. The molecular weight excluding hydrogens is 1080 g/mol. The summed E-state index contributed by atoms with van der Waals surface area (Å²) in [5.74, 6) is -2.93. The molecule has 8 unspecified atom stereocenters. The lowest BCUT2D eigenvalue weighted by molar-refractivity contribution is -0.124. The predicted molar refractivity (Wildman–Crippen MR) is 347 cm³/mol. The number of anilines is 4. The molecule has 8 amide bonds. The average molecular weight is 1160 g/mol. The lowest BCUT2D eigenvalue weighted by Gasteiger charge is -2.23. The third-order valence-corrected chi connectivity index (χ3v) is 17.5. The van der Waals surface area contributed by atoms with Crippen molar-refractivity contribution in [2.75, 3.05) is 19.6 Å². The van der Waals surface area contributed by atoms with E-state index in [1.54, 1.807) is 37.3 Å². The van der Waals surface area contributed by atoms with Gasteiger partial charge in [0, 0.05) is 24.3 Å². The van der Waals surface area contributed by atoms with E-state index < -0.39 is 23.6 Å². The second kappa shape index (κ2) is 27.6. The molecule has 4 heterocycles. The van der Waals surface area contributed by atoms with E-state index in [1.165, 1.54) is 73.6 Å². The number of carbonyl (C=O) groups is 8. The van der Waals surface area contributed by atoms with Crippen molar-refractivity contribution in [3.8, 4) is 0 Å². The monoisotopic (exact) mass is 1160 g/mol. The summed E-state index contributed by atoms with van der Waals surface area (Å²) in [6, 6.07) is 35.3. The molecule has 9 aliphatic rings. The molecular formula is C75H74N4O8. The average Bonchev–Trinajstić information content (AvgIpc) is 1.60. The molecule has 12 heteroatoms. The van der Waals surface area contributed by atoms with Gasteiger partial charge < -0.3 is 0 Å². The van der Waals surface area contributed by atoms with E-state index in [9.17, 15) is 38.4 Å². The number of nitrogens with zero attached hydrogens (tertiary/aromatic N) is 4. The third kappa shape index (κ3) is 13.1. The molecule has 12 nitrogen and oxygen atoms in total. The van der Waals surface area contributed by atoms with Crippen LogP contribution in [0.15, 0.2) is 202 Å². The van der Waals surface area contributed by atoms with Crippen molar-refractivity contribution in [1.29, 1.82) is 0 Å². The summed E-state index contributed by atoms with van der Waals surface area (Å²) in [5.41, 5.74) is 10.8. The van der Waals surface area contributed by atoms with E-state index in [4.69, 9.17) is 0 Å². The van der Waals surface area contributed by atoms with E-state index in [-0.39, 0.29) is 71.0 Å². The molecule has 442 valence electrons.